The molecule has 1 N–H and O–H groups in total. The molecule has 148 valence electrons. The van der Waals surface area contributed by atoms with E-state index in [1.807, 2.05) is 24.3 Å². The van der Waals surface area contributed by atoms with Crippen molar-refractivity contribution in [1.82, 2.24) is 5.43 Å². The van der Waals surface area contributed by atoms with Crippen molar-refractivity contribution in [2.24, 2.45) is 5.10 Å². The SMILES string of the molecule is COc1cccc(COc2ccc(C(=O)N/N=C\c3cccc(Cl)c3Cl)cc2)c1. The van der Waals surface area contributed by atoms with E-state index in [0.29, 0.717) is 33.5 Å². The highest BCUT2D eigenvalue weighted by molar-refractivity contribution is 6.43. The van der Waals surface area contributed by atoms with Gasteiger partial charge < -0.3 is 9.47 Å². The van der Waals surface area contributed by atoms with E-state index in [1.54, 1.807) is 49.6 Å². The average molecular weight is 429 g/mol. The number of hydrogen-bond acceptors (Lipinski definition) is 4. The second-order valence-electron chi connectivity index (χ2n) is 6.01. The van der Waals surface area contributed by atoms with E-state index in [4.69, 9.17) is 32.7 Å². The lowest BCUT2D eigenvalue weighted by molar-refractivity contribution is 0.0955. The zero-order chi connectivity index (χ0) is 20.6. The van der Waals surface area contributed by atoms with Crippen molar-refractivity contribution in [1.29, 1.82) is 0 Å². The monoisotopic (exact) mass is 428 g/mol. The molecule has 0 saturated carbocycles. The number of hydrazone groups is 1. The first-order valence-corrected chi connectivity index (χ1v) is 9.45. The molecule has 0 spiro atoms. The van der Waals surface area contributed by atoms with E-state index in [1.165, 1.54) is 6.21 Å². The zero-order valence-electron chi connectivity index (χ0n) is 15.6. The van der Waals surface area contributed by atoms with Crippen molar-refractivity contribution in [3.05, 3.63) is 93.5 Å². The van der Waals surface area contributed by atoms with Gasteiger partial charge in [0.2, 0.25) is 0 Å². The fraction of sp³-hybridized carbons (Fsp3) is 0.0909. The molecule has 3 aromatic rings. The minimum Gasteiger partial charge on any atom is -0.497 e. The van der Waals surface area contributed by atoms with Crippen molar-refractivity contribution < 1.29 is 14.3 Å². The van der Waals surface area contributed by atoms with E-state index in [2.05, 4.69) is 10.5 Å². The number of carbonyl (C=O) groups is 1. The maximum atomic E-state index is 12.2. The minimum atomic E-state index is -0.348. The van der Waals surface area contributed by atoms with Crippen LogP contribution in [0.3, 0.4) is 0 Å². The summed E-state index contributed by atoms with van der Waals surface area (Å²) in [7, 11) is 1.62. The molecule has 7 heteroatoms. The summed E-state index contributed by atoms with van der Waals surface area (Å²) in [6.07, 6.45) is 1.44. The molecule has 5 nitrogen and oxygen atoms in total. The Balaban J connectivity index is 1.55. The van der Waals surface area contributed by atoms with Crippen LogP contribution >= 0.6 is 23.2 Å². The molecule has 0 bridgehead atoms. The zero-order valence-corrected chi connectivity index (χ0v) is 17.1. The van der Waals surface area contributed by atoms with E-state index < -0.39 is 0 Å². The van der Waals surface area contributed by atoms with Gasteiger partial charge in [-0.05, 0) is 48.0 Å². The first-order valence-electron chi connectivity index (χ1n) is 8.70. The van der Waals surface area contributed by atoms with Crippen molar-refractivity contribution >= 4 is 35.3 Å². The Morgan fingerprint density at radius 3 is 2.55 bits per heavy atom. The van der Waals surface area contributed by atoms with Crippen LogP contribution < -0.4 is 14.9 Å². The molecule has 0 aliphatic carbocycles. The van der Waals surface area contributed by atoms with Crippen LogP contribution in [0.25, 0.3) is 0 Å². The Labute approximate surface area is 178 Å². The molecule has 0 aliphatic heterocycles. The quantitative estimate of drug-likeness (QED) is 0.407. The molecular formula is C22H18Cl2N2O3. The van der Waals surface area contributed by atoms with Crippen molar-refractivity contribution in [3.63, 3.8) is 0 Å². The lowest BCUT2D eigenvalue weighted by Gasteiger charge is -2.08. The molecule has 1 amide bonds. The fourth-order valence-electron chi connectivity index (χ4n) is 2.48. The summed E-state index contributed by atoms with van der Waals surface area (Å²) < 4.78 is 10.9. The highest BCUT2D eigenvalue weighted by Crippen LogP contribution is 2.24. The normalized spacial score (nSPS) is 10.7. The topological polar surface area (TPSA) is 59.9 Å². The first-order chi connectivity index (χ1) is 14.1. The minimum absolute atomic E-state index is 0.348. The Kier molecular flexibility index (Phi) is 7.11. The summed E-state index contributed by atoms with van der Waals surface area (Å²) in [4.78, 5) is 12.2. The summed E-state index contributed by atoms with van der Waals surface area (Å²) in [6.45, 7) is 0.396. The van der Waals surface area contributed by atoms with Crippen LogP contribution in [0.15, 0.2) is 71.8 Å². The second kappa shape index (κ2) is 9.96. The molecule has 0 heterocycles. The second-order valence-corrected chi connectivity index (χ2v) is 6.79. The molecule has 0 radical (unpaired) electrons. The number of methoxy groups -OCH3 is 1. The molecule has 0 saturated heterocycles. The van der Waals surface area contributed by atoms with Gasteiger partial charge in [0.15, 0.2) is 0 Å². The molecule has 0 fully saturated rings. The average Bonchev–Trinajstić information content (AvgIpc) is 2.75. The Hall–Kier alpha value is -3.02. The predicted octanol–water partition coefficient (Wildman–Crippen LogP) is 5.34. The molecule has 0 unspecified atom stereocenters. The largest absolute Gasteiger partial charge is 0.497 e. The number of rotatable bonds is 7. The number of ether oxygens (including phenoxy) is 2. The lowest BCUT2D eigenvalue weighted by Crippen LogP contribution is -2.17. The lowest BCUT2D eigenvalue weighted by atomic mass is 10.2. The van der Waals surface area contributed by atoms with Crippen molar-refractivity contribution in [3.8, 4) is 11.5 Å². The maximum absolute atomic E-state index is 12.2. The van der Waals surface area contributed by atoms with Crippen molar-refractivity contribution in [2.45, 2.75) is 6.61 Å². The Bertz CT molecular complexity index is 1020. The van der Waals surface area contributed by atoms with Gasteiger partial charge in [-0.3, -0.25) is 4.79 Å². The first kappa shape index (κ1) is 20.7. The highest BCUT2D eigenvalue weighted by Gasteiger charge is 2.06. The third kappa shape index (κ3) is 5.73. The number of nitrogens with zero attached hydrogens (tertiary/aromatic N) is 1. The number of amides is 1. The predicted molar refractivity (Wildman–Crippen MR) is 115 cm³/mol. The van der Waals surface area contributed by atoms with Crippen LogP contribution in [0.1, 0.15) is 21.5 Å². The molecule has 3 aromatic carbocycles. The third-order valence-corrected chi connectivity index (χ3v) is 4.84. The van der Waals surface area contributed by atoms with Gasteiger partial charge >= 0.3 is 0 Å². The van der Waals surface area contributed by atoms with Crippen LogP contribution in [0.4, 0.5) is 0 Å². The van der Waals surface area contributed by atoms with Gasteiger partial charge in [0.1, 0.15) is 18.1 Å². The number of carbonyl (C=O) groups excluding carboxylic acids is 1. The number of hydrogen-bond donors (Lipinski definition) is 1. The van der Waals surface area contributed by atoms with Crippen LogP contribution in [0.5, 0.6) is 11.5 Å². The summed E-state index contributed by atoms with van der Waals surface area (Å²) in [5, 5.41) is 4.73. The molecular weight excluding hydrogens is 411 g/mol. The molecule has 3 rings (SSSR count). The summed E-state index contributed by atoms with van der Waals surface area (Å²) in [6, 6.07) is 19.6. The van der Waals surface area contributed by atoms with Gasteiger partial charge in [0.05, 0.1) is 23.4 Å². The number of halogens is 2. The fourth-order valence-corrected chi connectivity index (χ4v) is 2.83. The number of nitrogens with one attached hydrogen (secondary N) is 1. The van der Waals surface area contributed by atoms with Crippen LogP contribution in [0, 0.1) is 0 Å². The van der Waals surface area contributed by atoms with Gasteiger partial charge in [-0.2, -0.15) is 5.10 Å². The van der Waals surface area contributed by atoms with Crippen LogP contribution in [0.2, 0.25) is 10.0 Å². The van der Waals surface area contributed by atoms with Crippen LogP contribution in [-0.2, 0) is 6.61 Å². The van der Waals surface area contributed by atoms with Gasteiger partial charge in [-0.15, -0.1) is 0 Å². The standard InChI is InChI=1S/C22H18Cl2N2O3/c1-28-19-6-2-4-15(12-19)14-29-18-10-8-16(9-11-18)22(27)26-25-13-17-5-3-7-20(23)21(17)24/h2-13H,14H2,1H3,(H,26,27)/b25-13-. The van der Waals surface area contributed by atoms with Gasteiger partial charge in [-0.1, -0.05) is 47.5 Å². The summed E-state index contributed by atoms with van der Waals surface area (Å²) >= 11 is 12.0. The van der Waals surface area contributed by atoms with Gasteiger partial charge in [0, 0.05) is 11.1 Å². The molecule has 0 aromatic heterocycles. The maximum Gasteiger partial charge on any atom is 0.271 e. The van der Waals surface area contributed by atoms with E-state index in [0.717, 1.165) is 11.3 Å². The summed E-state index contributed by atoms with van der Waals surface area (Å²) in [5.74, 6) is 1.08. The Morgan fingerprint density at radius 2 is 1.79 bits per heavy atom. The Morgan fingerprint density at radius 1 is 1.03 bits per heavy atom. The third-order valence-electron chi connectivity index (χ3n) is 4.01. The van der Waals surface area contributed by atoms with Crippen molar-refractivity contribution in [2.75, 3.05) is 7.11 Å². The van der Waals surface area contributed by atoms with Crippen LogP contribution in [-0.4, -0.2) is 19.2 Å². The molecule has 0 atom stereocenters. The molecule has 29 heavy (non-hydrogen) atoms. The van der Waals surface area contributed by atoms with Gasteiger partial charge in [-0.25, -0.2) is 5.43 Å². The molecule has 0 aliphatic rings. The highest BCUT2D eigenvalue weighted by atomic mass is 35.5. The summed E-state index contributed by atoms with van der Waals surface area (Å²) in [5.41, 5.74) is 4.51. The smallest absolute Gasteiger partial charge is 0.271 e. The van der Waals surface area contributed by atoms with E-state index in [9.17, 15) is 4.79 Å². The van der Waals surface area contributed by atoms with Gasteiger partial charge in [0.25, 0.3) is 5.91 Å². The number of benzene rings is 3. The van der Waals surface area contributed by atoms with E-state index >= 15 is 0 Å². The van der Waals surface area contributed by atoms with E-state index in [-0.39, 0.29) is 5.91 Å².